The number of aryl methyl sites for hydroxylation is 3. The fraction of sp³-hybridized carbons (Fsp3) is 0.462. The molecule has 21 rings (SSSR count). The molecule has 0 spiro atoms. The van der Waals surface area contributed by atoms with Crippen molar-refractivity contribution in [2.45, 2.75) is 191 Å². The predicted octanol–water partition coefficient (Wildman–Crippen LogP) is 13.2. The van der Waals surface area contributed by atoms with Crippen LogP contribution in [-0.2, 0) is 0 Å². The Morgan fingerprint density at radius 1 is 0.486 bits per heavy atom. The Bertz CT molecular complexity index is 3430. The molecule has 0 aromatic heterocycles. The molecule has 346 valence electrons. The van der Waals surface area contributed by atoms with Gasteiger partial charge in [0.25, 0.3) is 0 Å². The zero-order chi connectivity index (χ0) is 46.3. The van der Waals surface area contributed by atoms with Gasteiger partial charge >= 0.3 is 6.03 Å². The summed E-state index contributed by atoms with van der Waals surface area (Å²) in [5, 5.41) is 2.60. The first-order valence-electron chi connectivity index (χ1n) is 28.4. The number of amides is 2. The van der Waals surface area contributed by atoms with Crippen LogP contribution in [0.1, 0.15) is 225 Å². The number of carbonyl (C=O) groups is 1. The van der Waals surface area contributed by atoms with E-state index >= 15 is 4.79 Å². The van der Waals surface area contributed by atoms with Crippen LogP contribution in [0.25, 0.3) is 10.8 Å². The largest absolute Gasteiger partial charge is 0.338 e. The summed E-state index contributed by atoms with van der Waals surface area (Å²) in [7, 11) is 0. The van der Waals surface area contributed by atoms with Crippen LogP contribution in [-0.4, -0.2) is 19.5 Å². The highest BCUT2D eigenvalue weighted by molar-refractivity contribution is 6.99. The first-order chi connectivity index (χ1) is 34.2. The fourth-order valence-corrected chi connectivity index (χ4v) is 19.8. The van der Waals surface area contributed by atoms with E-state index in [1.54, 1.807) is 50.0 Å². The maximum absolute atomic E-state index is 17.6. The summed E-state index contributed by atoms with van der Waals surface area (Å²) < 4.78 is 0. The molecule has 5 aromatic rings. The number of urea groups is 1. The summed E-state index contributed by atoms with van der Waals surface area (Å²) in [6.07, 6.45) is 25.3. The van der Waals surface area contributed by atoms with Crippen LogP contribution in [0.2, 0.25) is 5.82 Å². The SMILES string of the molecule is CC1=CC#CC(B2c3ccc4ccc5c6c4c3N(C(=O)N6c3c(c4c(c6c3C3CCC6CC3)C3CCC4CC3)B5c3c(C)cc(C)cc3C)c3c2c2c(c4c3C3CCC4CC3)C3CCC2CC3)C(C)=C1. The van der Waals surface area contributed by atoms with Crippen molar-refractivity contribution in [2.75, 3.05) is 9.80 Å². The van der Waals surface area contributed by atoms with Crippen molar-refractivity contribution >= 4 is 80.3 Å². The summed E-state index contributed by atoms with van der Waals surface area (Å²) in [5.41, 5.74) is 32.7. The second kappa shape index (κ2) is 13.8. The highest BCUT2D eigenvalue weighted by Gasteiger charge is 2.58. The minimum absolute atomic E-state index is 0.0233. The zero-order valence-electron chi connectivity index (χ0n) is 42.1. The second-order valence-corrected chi connectivity index (χ2v) is 25.4. The van der Waals surface area contributed by atoms with E-state index in [1.807, 2.05) is 0 Å². The molecule has 0 radical (unpaired) electrons. The molecular formula is C65H64B2N2O. The normalized spacial score (nSPS) is 30.2. The highest BCUT2D eigenvalue weighted by Crippen LogP contribution is 2.65. The van der Waals surface area contributed by atoms with Gasteiger partial charge in [0.15, 0.2) is 0 Å². The van der Waals surface area contributed by atoms with Crippen LogP contribution in [0.4, 0.5) is 27.5 Å². The third-order valence-electron chi connectivity index (χ3n) is 22.1. The van der Waals surface area contributed by atoms with Crippen LogP contribution in [0.5, 0.6) is 0 Å². The number of anilines is 4. The zero-order valence-corrected chi connectivity index (χ0v) is 42.1. The average molecular weight is 911 g/mol. The Balaban J connectivity index is 1.06. The monoisotopic (exact) mass is 911 g/mol. The van der Waals surface area contributed by atoms with E-state index in [0.29, 0.717) is 47.3 Å². The lowest BCUT2D eigenvalue weighted by molar-refractivity contribution is 0.255. The van der Waals surface area contributed by atoms with Crippen molar-refractivity contribution in [3.8, 4) is 11.8 Å². The molecule has 4 fully saturated rings. The molecule has 1 unspecified atom stereocenters. The lowest BCUT2D eigenvalue weighted by Crippen LogP contribution is -2.66. The van der Waals surface area contributed by atoms with Gasteiger partial charge in [0.2, 0.25) is 13.4 Å². The molecule has 3 aliphatic heterocycles. The molecule has 5 aromatic carbocycles. The van der Waals surface area contributed by atoms with Gasteiger partial charge in [0.1, 0.15) is 0 Å². The van der Waals surface area contributed by atoms with Gasteiger partial charge in [0, 0.05) is 16.9 Å². The predicted molar refractivity (Wildman–Crippen MR) is 292 cm³/mol. The Hall–Kier alpha value is -5.20. The number of hydrogen-bond donors (Lipinski definition) is 0. The Labute approximate surface area is 416 Å². The van der Waals surface area contributed by atoms with Crippen LogP contribution in [0.3, 0.4) is 0 Å². The van der Waals surface area contributed by atoms with Gasteiger partial charge in [-0.3, -0.25) is 9.80 Å². The van der Waals surface area contributed by atoms with E-state index < -0.39 is 0 Å². The summed E-state index contributed by atoms with van der Waals surface area (Å²) >= 11 is 0. The maximum atomic E-state index is 17.6. The molecule has 16 aliphatic rings. The molecule has 5 heteroatoms. The average Bonchev–Trinajstić information content (AvgIpc) is 3.56. The second-order valence-electron chi connectivity index (χ2n) is 25.4. The van der Waals surface area contributed by atoms with E-state index in [1.165, 1.54) is 186 Å². The minimum Gasteiger partial charge on any atom is -0.262 e. The molecule has 0 saturated heterocycles. The summed E-state index contributed by atoms with van der Waals surface area (Å²) in [6, 6.07) is 15.1. The fourth-order valence-electron chi connectivity index (χ4n) is 19.8. The molecule has 4 saturated carbocycles. The molecule has 0 N–H and O–H groups in total. The summed E-state index contributed by atoms with van der Waals surface area (Å²) in [5.74, 6) is 12.3. The number of allylic oxidation sites excluding steroid dienone is 4. The van der Waals surface area contributed by atoms with Crippen LogP contribution in [0.15, 0.2) is 59.7 Å². The standard InChI is InChI=1S/C65H64B2N2O/c1-32-7-6-8-46(34(3)29-32)66-47-27-25-45-26-28-48-62-57(45)61(47)68(63-55-43-21-13-39(14-22-43)51(55)49-37-9-17-41(18-10-37)53(49)59(63)66)65(70)69(62)64-56-44-23-15-40(16-24-44)52(56)50-38-11-19-42(20-12-38)54(50)60(64)67(48)58-35(4)30-33(2)31-36(58)5/h7,25-31,37-44,46H,9-24H2,1-5H3. The smallest absolute Gasteiger partial charge is 0.262 e. The summed E-state index contributed by atoms with van der Waals surface area (Å²) in [4.78, 5) is 22.6. The number of nitrogens with zero attached hydrogens (tertiary/aromatic N) is 2. The molecule has 2 amide bonds. The molecular weight excluding hydrogens is 846 g/mol. The molecule has 13 aliphatic carbocycles. The molecule has 3 heterocycles. The molecule has 3 nitrogen and oxygen atoms in total. The Morgan fingerprint density at radius 2 is 0.914 bits per heavy atom. The minimum atomic E-state index is 0.0233. The van der Waals surface area contributed by atoms with Crippen LogP contribution in [0, 0.1) is 32.6 Å². The first-order valence-corrected chi connectivity index (χ1v) is 28.4. The lowest BCUT2D eigenvalue weighted by atomic mass is 9.29. The van der Waals surface area contributed by atoms with Crippen molar-refractivity contribution in [1.29, 1.82) is 0 Å². The van der Waals surface area contributed by atoms with Crippen LogP contribution < -0.4 is 37.1 Å². The highest BCUT2D eigenvalue weighted by atomic mass is 16.2. The quantitative estimate of drug-likeness (QED) is 0.128. The van der Waals surface area contributed by atoms with Gasteiger partial charge in [-0.25, -0.2) is 4.79 Å². The van der Waals surface area contributed by atoms with E-state index in [0.717, 1.165) is 0 Å². The number of hydrogen-bond acceptors (Lipinski definition) is 1. The molecule has 8 bridgehead atoms. The Kier molecular flexibility index (Phi) is 7.99. The third kappa shape index (κ3) is 4.83. The summed E-state index contributed by atoms with van der Waals surface area (Å²) in [6.45, 7) is 11.8. The molecule has 70 heavy (non-hydrogen) atoms. The Morgan fingerprint density at radius 3 is 1.44 bits per heavy atom. The van der Waals surface area contributed by atoms with Gasteiger partial charge in [0.05, 0.1) is 17.1 Å². The van der Waals surface area contributed by atoms with E-state index in [4.69, 9.17) is 0 Å². The van der Waals surface area contributed by atoms with Gasteiger partial charge < -0.3 is 0 Å². The van der Waals surface area contributed by atoms with Crippen molar-refractivity contribution in [2.24, 2.45) is 0 Å². The van der Waals surface area contributed by atoms with E-state index in [9.17, 15) is 0 Å². The number of fused-ring (bicyclic) bond motifs is 12. The van der Waals surface area contributed by atoms with Crippen molar-refractivity contribution < 1.29 is 4.79 Å². The van der Waals surface area contributed by atoms with Crippen molar-refractivity contribution in [1.82, 2.24) is 0 Å². The number of benzene rings is 5. The third-order valence-corrected chi connectivity index (χ3v) is 22.1. The lowest BCUT2D eigenvalue weighted by Gasteiger charge is -2.55. The van der Waals surface area contributed by atoms with Gasteiger partial charge in [-0.2, -0.15) is 0 Å². The van der Waals surface area contributed by atoms with Gasteiger partial charge in [-0.1, -0.05) is 82.0 Å². The van der Waals surface area contributed by atoms with E-state index in [-0.39, 0.29) is 25.3 Å². The maximum Gasteiger partial charge on any atom is 0.338 e. The number of carbonyl (C=O) groups excluding carboxylic acids is 1. The first kappa shape index (κ1) is 40.4. The van der Waals surface area contributed by atoms with Gasteiger partial charge in [-0.05, 0) is 268 Å². The van der Waals surface area contributed by atoms with Crippen molar-refractivity contribution in [3.63, 3.8) is 0 Å². The van der Waals surface area contributed by atoms with Crippen molar-refractivity contribution in [3.05, 3.63) is 121 Å². The molecule has 1 atom stereocenters. The van der Waals surface area contributed by atoms with E-state index in [2.05, 4.69) is 105 Å². The van der Waals surface area contributed by atoms with Gasteiger partial charge in [-0.15, -0.1) is 0 Å². The number of rotatable bonds is 2. The topological polar surface area (TPSA) is 23.6 Å². The van der Waals surface area contributed by atoms with Crippen LogP contribution >= 0.6 is 0 Å².